The van der Waals surface area contributed by atoms with Crippen LogP contribution in [0.15, 0.2) is 34.3 Å². The number of rotatable bonds is 6. The van der Waals surface area contributed by atoms with E-state index in [9.17, 15) is 13.2 Å². The first-order valence-corrected chi connectivity index (χ1v) is 11.2. The van der Waals surface area contributed by atoms with E-state index in [1.54, 1.807) is 23.5 Å². The van der Waals surface area contributed by atoms with Crippen LogP contribution in [-0.2, 0) is 14.8 Å². The maximum absolute atomic E-state index is 12.4. The van der Waals surface area contributed by atoms with E-state index in [0.29, 0.717) is 22.1 Å². The molecule has 2 heterocycles. The molecular weight excluding hydrogens is 412 g/mol. The van der Waals surface area contributed by atoms with Crippen LogP contribution in [-0.4, -0.2) is 58.1 Å². The van der Waals surface area contributed by atoms with E-state index in [4.69, 9.17) is 0 Å². The summed E-state index contributed by atoms with van der Waals surface area (Å²) in [6.07, 6.45) is 0. The molecule has 1 amide bonds. The minimum atomic E-state index is -3.60. The molecule has 154 valence electrons. The molecule has 0 saturated carbocycles. The third-order valence-electron chi connectivity index (χ3n) is 4.22. The zero-order valence-corrected chi connectivity index (χ0v) is 18.4. The summed E-state index contributed by atoms with van der Waals surface area (Å²) in [5, 5.41) is 11.5. The van der Waals surface area contributed by atoms with Crippen LogP contribution >= 0.6 is 11.8 Å². The number of nitrogens with one attached hydrogen (secondary N) is 1. The summed E-state index contributed by atoms with van der Waals surface area (Å²) in [4.78, 5) is 17.0. The lowest BCUT2D eigenvalue weighted by Crippen LogP contribution is -2.23. The van der Waals surface area contributed by atoms with E-state index >= 15 is 0 Å². The molecule has 1 N–H and O–H groups in total. The molecule has 2 aromatic heterocycles. The fraction of sp³-hybridized carbons (Fsp3) is 0.333. The second kappa shape index (κ2) is 8.09. The summed E-state index contributed by atoms with van der Waals surface area (Å²) in [6, 6.07) is 6.64. The fourth-order valence-corrected chi connectivity index (χ4v) is 4.71. The van der Waals surface area contributed by atoms with Gasteiger partial charge in [-0.2, -0.15) is 0 Å². The van der Waals surface area contributed by atoms with Crippen molar-refractivity contribution in [2.45, 2.75) is 30.8 Å². The molecule has 0 unspecified atom stereocenters. The molecule has 0 aliphatic rings. The summed E-state index contributed by atoms with van der Waals surface area (Å²) < 4.78 is 27.8. The number of nitrogens with zero attached hydrogens (tertiary/aromatic N) is 5. The van der Waals surface area contributed by atoms with Crippen LogP contribution < -0.4 is 5.32 Å². The highest BCUT2D eigenvalue weighted by Gasteiger charge is 2.20. The SMILES string of the molecule is Cc1cc2nnc(SCC(=O)Nc3ccc(C)c(S(=O)(=O)N(C)C)c3)n2c(C)n1. The Balaban J connectivity index is 1.74. The predicted molar refractivity (Wildman–Crippen MR) is 112 cm³/mol. The molecule has 0 saturated heterocycles. The summed E-state index contributed by atoms with van der Waals surface area (Å²) in [6.45, 7) is 5.45. The van der Waals surface area contributed by atoms with Gasteiger partial charge in [-0.1, -0.05) is 17.8 Å². The Morgan fingerprint density at radius 2 is 1.90 bits per heavy atom. The lowest BCUT2D eigenvalue weighted by Gasteiger charge is -2.15. The Morgan fingerprint density at radius 1 is 1.17 bits per heavy atom. The number of anilines is 1. The molecule has 0 aliphatic heterocycles. The predicted octanol–water partition coefficient (Wildman–Crippen LogP) is 2.03. The molecule has 0 atom stereocenters. The van der Waals surface area contributed by atoms with Crippen molar-refractivity contribution in [2.75, 3.05) is 25.2 Å². The summed E-state index contributed by atoms with van der Waals surface area (Å²) >= 11 is 1.23. The molecule has 0 bridgehead atoms. The van der Waals surface area contributed by atoms with E-state index < -0.39 is 10.0 Å². The van der Waals surface area contributed by atoms with Crippen LogP contribution in [0.5, 0.6) is 0 Å². The van der Waals surface area contributed by atoms with Crippen molar-refractivity contribution in [1.82, 2.24) is 23.9 Å². The highest BCUT2D eigenvalue weighted by atomic mass is 32.2. The maximum Gasteiger partial charge on any atom is 0.242 e. The van der Waals surface area contributed by atoms with E-state index in [0.717, 1.165) is 15.8 Å². The number of sulfonamides is 1. The quantitative estimate of drug-likeness (QED) is 0.591. The zero-order chi connectivity index (χ0) is 21.3. The molecule has 0 radical (unpaired) electrons. The summed E-state index contributed by atoms with van der Waals surface area (Å²) in [7, 11) is -0.658. The fourth-order valence-electron chi connectivity index (χ4n) is 2.78. The number of amides is 1. The Hall–Kier alpha value is -2.50. The van der Waals surface area contributed by atoms with Gasteiger partial charge in [0.15, 0.2) is 10.8 Å². The second-order valence-corrected chi connectivity index (χ2v) is 9.79. The Morgan fingerprint density at radius 3 is 2.59 bits per heavy atom. The van der Waals surface area contributed by atoms with Gasteiger partial charge in [-0.15, -0.1) is 10.2 Å². The van der Waals surface area contributed by atoms with Gasteiger partial charge in [0.25, 0.3) is 0 Å². The van der Waals surface area contributed by atoms with Crippen LogP contribution in [0.3, 0.4) is 0 Å². The van der Waals surface area contributed by atoms with E-state index in [1.165, 1.54) is 31.9 Å². The molecule has 0 fully saturated rings. The highest BCUT2D eigenvalue weighted by Crippen LogP contribution is 2.23. The van der Waals surface area contributed by atoms with Crippen LogP contribution in [0.2, 0.25) is 0 Å². The van der Waals surface area contributed by atoms with Crippen molar-refractivity contribution in [3.63, 3.8) is 0 Å². The van der Waals surface area contributed by atoms with Gasteiger partial charge in [0.05, 0.1) is 10.6 Å². The third kappa shape index (κ3) is 4.41. The van der Waals surface area contributed by atoms with Crippen molar-refractivity contribution in [3.8, 4) is 0 Å². The van der Waals surface area contributed by atoms with Crippen molar-refractivity contribution in [2.24, 2.45) is 0 Å². The first-order valence-electron chi connectivity index (χ1n) is 8.75. The molecule has 3 rings (SSSR count). The number of aryl methyl sites for hydroxylation is 3. The van der Waals surface area contributed by atoms with Crippen molar-refractivity contribution in [1.29, 1.82) is 0 Å². The van der Waals surface area contributed by atoms with Gasteiger partial charge in [-0.05, 0) is 38.5 Å². The van der Waals surface area contributed by atoms with Gasteiger partial charge in [0, 0.05) is 31.5 Å². The molecule has 11 heteroatoms. The van der Waals surface area contributed by atoms with Gasteiger partial charge in [-0.3, -0.25) is 9.20 Å². The Labute approximate surface area is 173 Å². The third-order valence-corrected chi connectivity index (χ3v) is 7.11. The lowest BCUT2D eigenvalue weighted by molar-refractivity contribution is -0.113. The standard InChI is InChI=1S/C18H22N6O3S2/c1-11-6-7-14(9-15(11)29(26,27)23(4)5)20-17(25)10-28-18-22-21-16-8-12(2)19-13(3)24(16)18/h6-9H,10H2,1-5H3,(H,20,25). The number of hydrogen-bond acceptors (Lipinski definition) is 7. The van der Waals surface area contributed by atoms with Crippen molar-refractivity contribution < 1.29 is 13.2 Å². The molecule has 1 aromatic carbocycles. The van der Waals surface area contributed by atoms with Crippen LogP contribution in [0.25, 0.3) is 5.65 Å². The van der Waals surface area contributed by atoms with Crippen molar-refractivity contribution >= 4 is 39.0 Å². The molecule has 3 aromatic rings. The van der Waals surface area contributed by atoms with E-state index in [2.05, 4.69) is 20.5 Å². The van der Waals surface area contributed by atoms with E-state index in [-0.39, 0.29) is 16.6 Å². The average molecular weight is 435 g/mol. The van der Waals surface area contributed by atoms with Gasteiger partial charge in [0.2, 0.25) is 15.9 Å². The van der Waals surface area contributed by atoms with Crippen LogP contribution in [0, 0.1) is 20.8 Å². The number of carbonyl (C=O) groups excluding carboxylic acids is 1. The minimum Gasteiger partial charge on any atom is -0.325 e. The normalized spacial score (nSPS) is 11.9. The number of benzene rings is 1. The first-order chi connectivity index (χ1) is 13.6. The number of thioether (sulfide) groups is 1. The number of aromatic nitrogens is 4. The van der Waals surface area contributed by atoms with E-state index in [1.807, 2.05) is 19.9 Å². The molecular formula is C18H22N6O3S2. The van der Waals surface area contributed by atoms with Gasteiger partial charge in [-0.25, -0.2) is 17.7 Å². The highest BCUT2D eigenvalue weighted by molar-refractivity contribution is 7.99. The molecule has 0 spiro atoms. The largest absolute Gasteiger partial charge is 0.325 e. The topological polar surface area (TPSA) is 110 Å². The lowest BCUT2D eigenvalue weighted by atomic mass is 10.2. The van der Waals surface area contributed by atoms with Crippen LogP contribution in [0.4, 0.5) is 5.69 Å². The van der Waals surface area contributed by atoms with Crippen molar-refractivity contribution in [3.05, 3.63) is 41.3 Å². The minimum absolute atomic E-state index is 0.0950. The maximum atomic E-state index is 12.4. The molecule has 0 aliphatic carbocycles. The number of carbonyl (C=O) groups is 1. The second-order valence-electron chi connectivity index (χ2n) is 6.73. The summed E-state index contributed by atoms with van der Waals surface area (Å²) in [5.74, 6) is 0.559. The zero-order valence-electron chi connectivity index (χ0n) is 16.8. The number of fused-ring (bicyclic) bond motifs is 1. The van der Waals surface area contributed by atoms with Gasteiger partial charge >= 0.3 is 0 Å². The Kier molecular flexibility index (Phi) is 5.92. The van der Waals surface area contributed by atoms with Gasteiger partial charge in [0.1, 0.15) is 5.82 Å². The van der Waals surface area contributed by atoms with Crippen LogP contribution in [0.1, 0.15) is 17.1 Å². The Bertz CT molecular complexity index is 1190. The summed E-state index contributed by atoms with van der Waals surface area (Å²) in [5.41, 5.74) is 2.55. The molecule has 29 heavy (non-hydrogen) atoms. The van der Waals surface area contributed by atoms with Gasteiger partial charge < -0.3 is 5.32 Å². The number of hydrogen-bond donors (Lipinski definition) is 1. The molecule has 9 nitrogen and oxygen atoms in total. The average Bonchev–Trinajstić information content (AvgIpc) is 3.04. The smallest absolute Gasteiger partial charge is 0.242 e. The first kappa shape index (κ1) is 21.2. The monoisotopic (exact) mass is 434 g/mol.